The fourth-order valence-corrected chi connectivity index (χ4v) is 15.1. The zero-order valence-corrected chi connectivity index (χ0v) is 61.3. The number of hydrogen-bond donors (Lipinski definition) is 0. The van der Waals surface area contributed by atoms with Crippen molar-refractivity contribution in [1.82, 2.24) is 68.9 Å². The van der Waals surface area contributed by atoms with Crippen LogP contribution in [0.3, 0.4) is 0 Å². The maximum Gasteiger partial charge on any atom is 0.417 e. The first-order valence-electron chi connectivity index (χ1n) is 37.5. The number of rotatable bonds is 15. The molecule has 0 saturated carbocycles. The summed E-state index contributed by atoms with van der Waals surface area (Å²) in [5.41, 5.74) is 10.4. The van der Waals surface area contributed by atoms with E-state index in [4.69, 9.17) is 59.8 Å². The van der Waals surface area contributed by atoms with Crippen LogP contribution in [-0.2, 0) is 6.18 Å². The number of nitrogens with zero attached hydrogens (tertiary/aromatic N) is 15. The molecule has 0 amide bonds. The predicted octanol–water partition coefficient (Wildman–Crippen LogP) is 23.2. The monoisotopic (exact) mass is 1500 g/mol. The molecule has 14 aromatic carbocycles. The van der Waals surface area contributed by atoms with Crippen molar-refractivity contribution in [1.29, 1.82) is 5.26 Å². The summed E-state index contributed by atoms with van der Waals surface area (Å²) in [6.45, 7) is 0. The van der Waals surface area contributed by atoms with Crippen molar-refractivity contribution in [3.63, 3.8) is 0 Å². The zero-order valence-electron chi connectivity index (χ0n) is 61.3. The topological polar surface area (TPSA) is 188 Å². The molecule has 18 heteroatoms. The molecule has 546 valence electrons. The van der Waals surface area contributed by atoms with Gasteiger partial charge >= 0.3 is 6.18 Å². The summed E-state index contributed by atoms with van der Waals surface area (Å²) in [6, 6.07) is 113. The van der Waals surface area contributed by atoms with Crippen LogP contribution in [0.25, 0.3) is 203 Å². The smallest absolute Gasteiger partial charge is 0.307 e. The van der Waals surface area contributed by atoms with Crippen molar-refractivity contribution in [2.45, 2.75) is 6.18 Å². The molecular weight excluding hydrogens is 1440 g/mol. The molecule has 0 aliphatic rings. The van der Waals surface area contributed by atoms with Gasteiger partial charge in [0.1, 0.15) is 0 Å². The number of fused-ring (bicyclic) bond motifs is 6. The molecule has 0 unspecified atom stereocenters. The predicted molar refractivity (Wildman–Crippen MR) is 449 cm³/mol. The second kappa shape index (κ2) is 29.0. The highest BCUT2D eigenvalue weighted by molar-refractivity contribution is 6.14. The molecule has 0 radical (unpaired) electrons. The summed E-state index contributed by atoms with van der Waals surface area (Å²) in [6.07, 6.45) is -4.87. The molecule has 116 heavy (non-hydrogen) atoms. The Hall–Kier alpha value is -16.0. The summed E-state index contributed by atoms with van der Waals surface area (Å²) in [5, 5.41) is 15.0. The largest absolute Gasteiger partial charge is 0.417 e. The molecule has 20 aromatic rings. The SMILES string of the molecule is N#Cc1cc(-n2c3cc(-c4nc(-c5ccccc5)nc(-c5ccccc5)n4)ccc3c3ccc(-c4nc(-c5ccccc5)nc(-c5ccccc5)n4)cc32)c(-n2c3cc(-c4nc(-c5ccccc5)nc(-c5ccccc5)n4)ccc3c3ccc(-c4nc(-c5ccccc5)nc(-c5ccccc5)n4)cc32)cc1-c1ccccc1C(F)(F)F. The van der Waals surface area contributed by atoms with Crippen LogP contribution < -0.4 is 0 Å². The Kier molecular flexibility index (Phi) is 17.3. The number of halogens is 3. The second-order valence-electron chi connectivity index (χ2n) is 27.8. The van der Waals surface area contributed by atoms with Gasteiger partial charge in [-0.1, -0.05) is 309 Å². The summed E-state index contributed by atoms with van der Waals surface area (Å²) < 4.78 is 52.3. The van der Waals surface area contributed by atoms with E-state index in [1.165, 1.54) is 12.1 Å². The molecule has 0 aliphatic heterocycles. The van der Waals surface area contributed by atoms with E-state index in [0.717, 1.165) is 72.1 Å². The molecule has 20 rings (SSSR count). The van der Waals surface area contributed by atoms with Crippen molar-refractivity contribution in [3.8, 4) is 165 Å². The lowest BCUT2D eigenvalue weighted by molar-refractivity contribution is -0.137. The normalized spacial score (nSPS) is 11.6. The third-order valence-corrected chi connectivity index (χ3v) is 20.6. The van der Waals surface area contributed by atoms with Gasteiger partial charge in [-0.2, -0.15) is 18.4 Å². The Morgan fingerprint density at radius 1 is 0.216 bits per heavy atom. The molecule has 0 fully saturated rings. The molecule has 0 atom stereocenters. The van der Waals surface area contributed by atoms with Crippen molar-refractivity contribution in [3.05, 3.63) is 363 Å². The van der Waals surface area contributed by atoms with Gasteiger partial charge in [-0.25, -0.2) is 59.8 Å². The van der Waals surface area contributed by atoms with Gasteiger partial charge in [0, 0.05) is 93.9 Å². The van der Waals surface area contributed by atoms with Crippen molar-refractivity contribution in [2.75, 3.05) is 0 Å². The van der Waals surface area contributed by atoms with Gasteiger partial charge in [-0.05, 0) is 48.0 Å². The van der Waals surface area contributed by atoms with Gasteiger partial charge in [0.2, 0.25) is 0 Å². The molecule has 6 heterocycles. The van der Waals surface area contributed by atoms with Crippen LogP contribution >= 0.6 is 0 Å². The van der Waals surface area contributed by atoms with E-state index in [2.05, 4.69) is 15.2 Å². The van der Waals surface area contributed by atoms with Crippen LogP contribution in [0.2, 0.25) is 0 Å². The van der Waals surface area contributed by atoms with Gasteiger partial charge in [-0.3, -0.25) is 0 Å². The first kappa shape index (κ1) is 69.2. The Bertz CT molecular complexity index is 6640. The van der Waals surface area contributed by atoms with Crippen LogP contribution in [0.5, 0.6) is 0 Å². The molecule has 0 saturated heterocycles. The maximum absolute atomic E-state index is 16.1. The van der Waals surface area contributed by atoms with Crippen molar-refractivity contribution in [2.24, 2.45) is 0 Å². The number of alkyl halides is 3. The molecule has 0 N–H and O–H groups in total. The molecule has 15 nitrogen and oxygen atoms in total. The third-order valence-electron chi connectivity index (χ3n) is 20.6. The Balaban J connectivity index is 0.926. The standard InChI is InChI=1S/C98H58F3N15/c99-98(100,101)79-44-26-25-43-73(79)78-58-85(116-82-55-70(96-111-90(64-35-17-5-18-36-64)105-91(112-96)65-37-19-6-20-38-65)47-51-76(82)77-52-48-71(56-83(77)116)97-113-92(66-39-21-7-22-40-66)106-93(114-97)67-41-23-8-24-42-67)84(57-72(78)59-102)115-80-53-68(94-107-86(60-27-9-1-10-28-60)103-87(108-94)61-29-11-2-12-30-61)45-49-74(80)75-50-46-69(54-81(75)115)95-109-88(62-31-13-3-14-32-62)104-89(110-95)63-33-15-4-16-34-63/h1-58H. The number of nitriles is 1. The summed E-state index contributed by atoms with van der Waals surface area (Å²) >= 11 is 0. The van der Waals surface area contributed by atoms with Gasteiger partial charge in [0.15, 0.2) is 69.9 Å². The van der Waals surface area contributed by atoms with Gasteiger partial charge in [-0.15, -0.1) is 0 Å². The van der Waals surface area contributed by atoms with E-state index in [0.29, 0.717) is 126 Å². The number of aromatic nitrogens is 14. The van der Waals surface area contributed by atoms with Crippen LogP contribution in [-0.4, -0.2) is 68.9 Å². The van der Waals surface area contributed by atoms with E-state index in [-0.39, 0.29) is 16.7 Å². The summed E-state index contributed by atoms with van der Waals surface area (Å²) in [4.78, 5) is 62.2. The fraction of sp³-hybridized carbons (Fsp3) is 0.0102. The Morgan fingerprint density at radius 2 is 0.422 bits per heavy atom. The number of hydrogen-bond acceptors (Lipinski definition) is 13. The summed E-state index contributed by atoms with van der Waals surface area (Å²) in [5.74, 6) is 4.91. The lowest BCUT2D eigenvalue weighted by Crippen LogP contribution is -2.09. The average Bonchev–Trinajstić information content (AvgIpc) is 1.56. The minimum atomic E-state index is -4.87. The van der Waals surface area contributed by atoms with Crippen LogP contribution in [0, 0.1) is 11.3 Å². The van der Waals surface area contributed by atoms with Crippen LogP contribution in [0.1, 0.15) is 11.1 Å². The van der Waals surface area contributed by atoms with Crippen LogP contribution in [0.15, 0.2) is 352 Å². The summed E-state index contributed by atoms with van der Waals surface area (Å²) in [7, 11) is 0. The average molecular weight is 1500 g/mol. The first-order chi connectivity index (χ1) is 57.0. The van der Waals surface area contributed by atoms with Crippen molar-refractivity contribution >= 4 is 43.6 Å². The lowest BCUT2D eigenvalue weighted by Gasteiger charge is -2.21. The highest BCUT2D eigenvalue weighted by Gasteiger charge is 2.35. The van der Waals surface area contributed by atoms with Gasteiger partial charge in [0.05, 0.1) is 50.6 Å². The molecule has 6 aromatic heterocycles. The quantitative estimate of drug-likeness (QED) is 0.0944. The number of benzene rings is 14. The zero-order chi connectivity index (χ0) is 77.8. The van der Waals surface area contributed by atoms with E-state index >= 15 is 13.2 Å². The molecule has 0 bridgehead atoms. The minimum absolute atomic E-state index is 0.0118. The Labute approximate surface area is 661 Å². The third kappa shape index (κ3) is 12.9. The second-order valence-corrected chi connectivity index (χ2v) is 27.8. The van der Waals surface area contributed by atoms with E-state index < -0.39 is 11.7 Å². The maximum atomic E-state index is 16.1. The molecule has 0 aliphatic carbocycles. The van der Waals surface area contributed by atoms with Crippen molar-refractivity contribution < 1.29 is 13.2 Å². The lowest BCUT2D eigenvalue weighted by atomic mass is 9.94. The van der Waals surface area contributed by atoms with Crippen LogP contribution in [0.4, 0.5) is 13.2 Å². The Morgan fingerprint density at radius 3 is 0.647 bits per heavy atom. The highest BCUT2D eigenvalue weighted by Crippen LogP contribution is 2.47. The molecular formula is C98H58F3N15. The minimum Gasteiger partial charge on any atom is -0.307 e. The fourth-order valence-electron chi connectivity index (χ4n) is 15.1. The van der Waals surface area contributed by atoms with E-state index in [1.54, 1.807) is 18.2 Å². The first-order valence-corrected chi connectivity index (χ1v) is 37.5. The van der Waals surface area contributed by atoms with E-state index in [1.807, 2.05) is 315 Å². The van der Waals surface area contributed by atoms with Gasteiger partial charge < -0.3 is 9.13 Å². The van der Waals surface area contributed by atoms with E-state index in [9.17, 15) is 5.26 Å². The van der Waals surface area contributed by atoms with Gasteiger partial charge in [0.25, 0.3) is 0 Å². The molecule has 0 spiro atoms. The highest BCUT2D eigenvalue weighted by atomic mass is 19.4.